The second-order valence-electron chi connectivity index (χ2n) is 3.06. The van der Waals surface area contributed by atoms with E-state index in [-0.39, 0.29) is 0 Å². The molecule has 0 aliphatic heterocycles. The van der Waals surface area contributed by atoms with E-state index < -0.39 is 5.97 Å². The molecule has 2 N–H and O–H groups in total. The number of carbonyl (C=O) groups is 1. The minimum Gasteiger partial charge on any atom is -0.478 e. The van der Waals surface area contributed by atoms with Crippen molar-refractivity contribution in [3.8, 4) is 0 Å². The van der Waals surface area contributed by atoms with Crippen LogP contribution in [0.3, 0.4) is 0 Å². The molecule has 3 heteroatoms. The van der Waals surface area contributed by atoms with E-state index in [0.29, 0.717) is 17.5 Å². The summed E-state index contributed by atoms with van der Waals surface area (Å²) in [6.07, 6.45) is 2.42. The SMILES string of the molecule is CCc1ccc(CC=N)c(C(=O)O)c1. The fourth-order valence-electron chi connectivity index (χ4n) is 1.33. The Kier molecular flexibility index (Phi) is 3.40. The van der Waals surface area contributed by atoms with Crippen molar-refractivity contribution in [2.45, 2.75) is 19.8 Å². The second kappa shape index (κ2) is 4.56. The molecule has 0 radical (unpaired) electrons. The summed E-state index contributed by atoms with van der Waals surface area (Å²) in [6, 6.07) is 5.37. The van der Waals surface area contributed by atoms with E-state index >= 15 is 0 Å². The van der Waals surface area contributed by atoms with Crippen LogP contribution in [-0.4, -0.2) is 17.3 Å². The first-order chi connectivity index (χ1) is 6.69. The molecule has 1 rings (SSSR count). The molecule has 0 saturated heterocycles. The highest BCUT2D eigenvalue weighted by molar-refractivity contribution is 5.90. The normalized spacial score (nSPS) is 9.79. The van der Waals surface area contributed by atoms with Crippen molar-refractivity contribution < 1.29 is 9.90 Å². The fraction of sp³-hybridized carbons (Fsp3) is 0.273. The van der Waals surface area contributed by atoms with E-state index in [1.165, 1.54) is 6.21 Å². The third kappa shape index (κ3) is 2.19. The van der Waals surface area contributed by atoms with Crippen molar-refractivity contribution in [2.24, 2.45) is 0 Å². The van der Waals surface area contributed by atoms with E-state index in [4.69, 9.17) is 10.5 Å². The highest BCUT2D eigenvalue weighted by Crippen LogP contribution is 2.13. The lowest BCUT2D eigenvalue weighted by atomic mass is 10.0. The summed E-state index contributed by atoms with van der Waals surface area (Å²) in [5.41, 5.74) is 2.02. The Morgan fingerprint density at radius 1 is 1.57 bits per heavy atom. The molecule has 0 atom stereocenters. The molecule has 0 aromatic heterocycles. The molecule has 0 unspecified atom stereocenters. The smallest absolute Gasteiger partial charge is 0.335 e. The highest BCUT2D eigenvalue weighted by Gasteiger charge is 2.09. The van der Waals surface area contributed by atoms with Crippen LogP contribution in [0.2, 0.25) is 0 Å². The Bertz CT molecular complexity index is 358. The fourth-order valence-corrected chi connectivity index (χ4v) is 1.33. The van der Waals surface area contributed by atoms with Gasteiger partial charge in [-0.15, -0.1) is 0 Å². The van der Waals surface area contributed by atoms with Gasteiger partial charge in [0.25, 0.3) is 0 Å². The van der Waals surface area contributed by atoms with Crippen LogP contribution in [0.4, 0.5) is 0 Å². The molecule has 0 heterocycles. The topological polar surface area (TPSA) is 61.2 Å². The van der Waals surface area contributed by atoms with Crippen LogP contribution >= 0.6 is 0 Å². The van der Waals surface area contributed by atoms with Gasteiger partial charge < -0.3 is 10.5 Å². The summed E-state index contributed by atoms with van der Waals surface area (Å²) in [7, 11) is 0. The lowest BCUT2D eigenvalue weighted by molar-refractivity contribution is 0.0696. The van der Waals surface area contributed by atoms with Crippen molar-refractivity contribution in [1.29, 1.82) is 5.41 Å². The minimum absolute atomic E-state index is 0.313. The van der Waals surface area contributed by atoms with Gasteiger partial charge in [-0.05, 0) is 29.8 Å². The molecule has 0 saturated carbocycles. The zero-order valence-corrected chi connectivity index (χ0v) is 8.08. The summed E-state index contributed by atoms with van der Waals surface area (Å²) in [6.45, 7) is 1.98. The van der Waals surface area contributed by atoms with Gasteiger partial charge in [0.1, 0.15) is 0 Å². The molecule has 0 aliphatic rings. The summed E-state index contributed by atoms with van der Waals surface area (Å²) in [5.74, 6) is -0.919. The number of aryl methyl sites for hydroxylation is 1. The zero-order valence-electron chi connectivity index (χ0n) is 8.08. The van der Waals surface area contributed by atoms with Gasteiger partial charge in [-0.1, -0.05) is 19.1 Å². The number of aromatic carboxylic acids is 1. The van der Waals surface area contributed by atoms with Crippen molar-refractivity contribution in [3.63, 3.8) is 0 Å². The number of nitrogens with one attached hydrogen (secondary N) is 1. The quantitative estimate of drug-likeness (QED) is 0.716. The average Bonchev–Trinajstić information content (AvgIpc) is 2.18. The third-order valence-corrected chi connectivity index (χ3v) is 2.13. The molecule has 0 bridgehead atoms. The van der Waals surface area contributed by atoms with Crippen LogP contribution in [0.25, 0.3) is 0 Å². The van der Waals surface area contributed by atoms with Crippen LogP contribution in [0.1, 0.15) is 28.4 Å². The number of hydrogen-bond acceptors (Lipinski definition) is 2. The molecule has 1 aromatic carbocycles. The predicted molar refractivity (Wildman–Crippen MR) is 55.3 cm³/mol. The van der Waals surface area contributed by atoms with E-state index in [2.05, 4.69) is 0 Å². The van der Waals surface area contributed by atoms with Crippen LogP contribution in [0.5, 0.6) is 0 Å². The predicted octanol–water partition coefficient (Wildman–Crippen LogP) is 2.14. The Balaban J connectivity index is 3.16. The lowest BCUT2D eigenvalue weighted by Gasteiger charge is -2.05. The average molecular weight is 191 g/mol. The molecule has 74 valence electrons. The maximum absolute atomic E-state index is 10.9. The van der Waals surface area contributed by atoms with Crippen molar-refractivity contribution in [1.82, 2.24) is 0 Å². The number of carboxylic acids is 1. The molecule has 14 heavy (non-hydrogen) atoms. The van der Waals surface area contributed by atoms with Gasteiger partial charge in [-0.2, -0.15) is 0 Å². The molecule has 0 amide bonds. The molecule has 0 spiro atoms. The molecular weight excluding hydrogens is 178 g/mol. The Morgan fingerprint density at radius 3 is 2.79 bits per heavy atom. The second-order valence-corrected chi connectivity index (χ2v) is 3.06. The van der Waals surface area contributed by atoms with Crippen LogP contribution in [-0.2, 0) is 12.8 Å². The van der Waals surface area contributed by atoms with Gasteiger partial charge in [0, 0.05) is 6.42 Å². The molecule has 3 nitrogen and oxygen atoms in total. The van der Waals surface area contributed by atoms with Gasteiger partial charge in [0.05, 0.1) is 5.56 Å². The standard InChI is InChI=1S/C11H13NO2/c1-2-8-3-4-9(5-6-12)10(7-8)11(13)14/h3-4,6-7,12H,2,5H2,1H3,(H,13,14). The summed E-state index contributed by atoms with van der Waals surface area (Å²) in [5, 5.41) is 15.9. The number of hydrogen-bond donors (Lipinski definition) is 2. The van der Waals surface area contributed by atoms with Crippen LogP contribution in [0.15, 0.2) is 18.2 Å². The summed E-state index contributed by atoms with van der Waals surface area (Å²) < 4.78 is 0. The number of carboxylic acid groups (broad SMARTS) is 1. The number of rotatable bonds is 4. The third-order valence-electron chi connectivity index (χ3n) is 2.13. The van der Waals surface area contributed by atoms with Gasteiger partial charge in [0.2, 0.25) is 0 Å². The summed E-state index contributed by atoms with van der Waals surface area (Å²) >= 11 is 0. The van der Waals surface area contributed by atoms with Gasteiger partial charge >= 0.3 is 5.97 Å². The Hall–Kier alpha value is -1.64. The molecule has 0 fully saturated rings. The summed E-state index contributed by atoms with van der Waals surface area (Å²) in [4.78, 5) is 10.9. The first-order valence-electron chi connectivity index (χ1n) is 4.53. The van der Waals surface area contributed by atoms with E-state index in [9.17, 15) is 4.79 Å². The van der Waals surface area contributed by atoms with Gasteiger partial charge in [-0.3, -0.25) is 0 Å². The van der Waals surface area contributed by atoms with Gasteiger partial charge in [-0.25, -0.2) is 4.79 Å². The Labute approximate surface area is 82.9 Å². The number of benzene rings is 1. The van der Waals surface area contributed by atoms with Crippen molar-refractivity contribution in [3.05, 3.63) is 34.9 Å². The maximum atomic E-state index is 10.9. The first-order valence-corrected chi connectivity index (χ1v) is 4.53. The monoisotopic (exact) mass is 191 g/mol. The minimum atomic E-state index is -0.919. The first kappa shape index (κ1) is 10.4. The molecule has 0 aliphatic carbocycles. The van der Waals surface area contributed by atoms with Crippen molar-refractivity contribution >= 4 is 12.2 Å². The largest absolute Gasteiger partial charge is 0.478 e. The van der Waals surface area contributed by atoms with E-state index in [1.54, 1.807) is 12.1 Å². The van der Waals surface area contributed by atoms with Crippen molar-refractivity contribution in [2.75, 3.05) is 0 Å². The van der Waals surface area contributed by atoms with Crippen LogP contribution < -0.4 is 0 Å². The van der Waals surface area contributed by atoms with Crippen LogP contribution in [0, 0.1) is 5.41 Å². The highest BCUT2D eigenvalue weighted by atomic mass is 16.4. The van der Waals surface area contributed by atoms with Gasteiger partial charge in [0.15, 0.2) is 0 Å². The molecule has 1 aromatic rings. The maximum Gasteiger partial charge on any atom is 0.335 e. The zero-order chi connectivity index (χ0) is 10.6. The van der Waals surface area contributed by atoms with E-state index in [1.807, 2.05) is 13.0 Å². The molecular formula is C11H13NO2. The Morgan fingerprint density at radius 2 is 2.29 bits per heavy atom. The lowest BCUT2D eigenvalue weighted by Crippen LogP contribution is -2.03. The van der Waals surface area contributed by atoms with E-state index in [0.717, 1.165) is 12.0 Å².